The van der Waals surface area contributed by atoms with Crippen molar-refractivity contribution >= 4 is 23.3 Å². The van der Waals surface area contributed by atoms with E-state index in [0.717, 1.165) is 18.0 Å². The summed E-state index contributed by atoms with van der Waals surface area (Å²) in [5, 5.41) is 6.97. The molecule has 0 bridgehead atoms. The second-order valence-corrected chi connectivity index (χ2v) is 7.49. The van der Waals surface area contributed by atoms with E-state index in [0.29, 0.717) is 31.7 Å². The van der Waals surface area contributed by atoms with Crippen molar-refractivity contribution in [2.24, 2.45) is 0 Å². The fourth-order valence-electron chi connectivity index (χ4n) is 2.97. The summed E-state index contributed by atoms with van der Waals surface area (Å²) in [5.74, 6) is -0.505. The van der Waals surface area contributed by atoms with Gasteiger partial charge in [0.05, 0.1) is 13.1 Å². The van der Waals surface area contributed by atoms with Gasteiger partial charge in [0.2, 0.25) is 5.91 Å². The number of hydrogen-bond acceptors (Lipinski definition) is 5. The maximum absolute atomic E-state index is 13.7. The maximum atomic E-state index is 13.7. The van der Waals surface area contributed by atoms with Gasteiger partial charge in [-0.1, -0.05) is 24.3 Å². The van der Waals surface area contributed by atoms with E-state index in [1.54, 1.807) is 23.5 Å². The average Bonchev–Trinajstić information content (AvgIpc) is 3.17. The van der Waals surface area contributed by atoms with E-state index in [4.69, 9.17) is 0 Å². The van der Waals surface area contributed by atoms with E-state index < -0.39 is 6.03 Å². The third kappa shape index (κ3) is 6.13. The van der Waals surface area contributed by atoms with Crippen LogP contribution in [0.4, 0.5) is 9.18 Å². The molecule has 3 rings (SSSR count). The number of halogens is 1. The number of thiophene rings is 1. The molecule has 27 heavy (non-hydrogen) atoms. The van der Waals surface area contributed by atoms with Crippen LogP contribution in [0.5, 0.6) is 0 Å². The molecule has 8 heteroatoms. The minimum atomic E-state index is -0.480. The molecule has 1 aromatic carbocycles. The van der Waals surface area contributed by atoms with E-state index in [2.05, 4.69) is 15.5 Å². The van der Waals surface area contributed by atoms with E-state index in [1.807, 2.05) is 28.5 Å². The van der Waals surface area contributed by atoms with Crippen molar-refractivity contribution in [1.29, 1.82) is 0 Å². The van der Waals surface area contributed by atoms with Gasteiger partial charge in [0, 0.05) is 43.2 Å². The number of urea groups is 1. The van der Waals surface area contributed by atoms with Crippen molar-refractivity contribution in [2.75, 3.05) is 32.7 Å². The zero-order chi connectivity index (χ0) is 19.1. The topological polar surface area (TPSA) is 64.7 Å². The largest absolute Gasteiger partial charge is 0.333 e. The Morgan fingerprint density at radius 3 is 2.48 bits per heavy atom. The summed E-state index contributed by atoms with van der Waals surface area (Å²) < 4.78 is 13.7. The highest BCUT2D eigenvalue weighted by molar-refractivity contribution is 7.09. The number of piperazine rings is 1. The molecule has 0 atom stereocenters. The average molecular weight is 390 g/mol. The van der Waals surface area contributed by atoms with Crippen molar-refractivity contribution in [3.05, 3.63) is 58.0 Å². The van der Waals surface area contributed by atoms with Gasteiger partial charge < -0.3 is 5.32 Å². The van der Waals surface area contributed by atoms with Crippen LogP contribution in [0.1, 0.15) is 10.4 Å². The van der Waals surface area contributed by atoms with Crippen LogP contribution in [-0.2, 0) is 17.9 Å². The third-order valence-corrected chi connectivity index (χ3v) is 5.32. The minimum Gasteiger partial charge on any atom is -0.333 e. The lowest BCUT2D eigenvalue weighted by Gasteiger charge is -2.34. The summed E-state index contributed by atoms with van der Waals surface area (Å²) >= 11 is 1.55. The van der Waals surface area contributed by atoms with Crippen LogP contribution in [0.2, 0.25) is 0 Å². The van der Waals surface area contributed by atoms with E-state index in [-0.39, 0.29) is 18.3 Å². The zero-order valence-corrected chi connectivity index (χ0v) is 15.8. The number of amides is 3. The Labute approximate surface area is 162 Å². The fourth-order valence-corrected chi connectivity index (χ4v) is 3.61. The molecule has 1 aliphatic rings. The first-order chi connectivity index (χ1) is 13.1. The Hall–Kier alpha value is -2.29. The Morgan fingerprint density at radius 2 is 1.78 bits per heavy atom. The normalized spacial score (nSPS) is 15.4. The minimum absolute atomic E-state index is 0.181. The van der Waals surface area contributed by atoms with Crippen LogP contribution in [-0.4, -0.2) is 54.5 Å². The van der Waals surface area contributed by atoms with Gasteiger partial charge in [-0.25, -0.2) is 9.18 Å². The number of carbonyl (C=O) groups is 2. The summed E-state index contributed by atoms with van der Waals surface area (Å²) in [5.41, 5.74) is 0.686. The first-order valence-electron chi connectivity index (χ1n) is 8.88. The zero-order valence-electron chi connectivity index (χ0n) is 15.0. The number of hydrogen-bond donors (Lipinski definition) is 2. The van der Waals surface area contributed by atoms with Crippen LogP contribution in [0.15, 0.2) is 41.8 Å². The predicted molar refractivity (Wildman–Crippen MR) is 103 cm³/mol. The Balaban J connectivity index is 1.35. The number of nitrogens with zero attached hydrogens (tertiary/aromatic N) is 2. The van der Waals surface area contributed by atoms with Gasteiger partial charge in [0.1, 0.15) is 5.82 Å². The molecule has 2 heterocycles. The molecule has 1 aromatic heterocycles. The Morgan fingerprint density at radius 1 is 1.04 bits per heavy atom. The number of benzene rings is 1. The SMILES string of the molecule is O=C(CN1CCN(Cc2ccccc2F)CC1)NC(=O)NCc1cccs1. The van der Waals surface area contributed by atoms with Crippen LogP contribution in [0.25, 0.3) is 0 Å². The van der Waals surface area contributed by atoms with Crippen LogP contribution >= 0.6 is 11.3 Å². The lowest BCUT2D eigenvalue weighted by Crippen LogP contribution is -2.50. The molecule has 3 amide bonds. The van der Waals surface area contributed by atoms with Gasteiger partial charge in [0.15, 0.2) is 0 Å². The molecular formula is C19H23FN4O2S. The van der Waals surface area contributed by atoms with E-state index >= 15 is 0 Å². The molecule has 144 valence electrons. The monoisotopic (exact) mass is 390 g/mol. The van der Waals surface area contributed by atoms with Gasteiger partial charge in [-0.05, 0) is 17.5 Å². The molecule has 2 N–H and O–H groups in total. The second-order valence-electron chi connectivity index (χ2n) is 6.45. The first-order valence-corrected chi connectivity index (χ1v) is 9.76. The van der Waals surface area contributed by atoms with Crippen LogP contribution in [0.3, 0.4) is 0 Å². The van der Waals surface area contributed by atoms with Crippen molar-refractivity contribution < 1.29 is 14.0 Å². The summed E-state index contributed by atoms with van der Waals surface area (Å²) in [6.07, 6.45) is 0. The lowest BCUT2D eigenvalue weighted by atomic mass is 10.2. The highest BCUT2D eigenvalue weighted by Gasteiger charge is 2.20. The van der Waals surface area contributed by atoms with Gasteiger partial charge in [-0.15, -0.1) is 11.3 Å². The van der Waals surface area contributed by atoms with E-state index in [9.17, 15) is 14.0 Å². The van der Waals surface area contributed by atoms with Crippen molar-refractivity contribution in [1.82, 2.24) is 20.4 Å². The first kappa shape index (κ1) is 19.5. The molecule has 0 radical (unpaired) electrons. The second kappa shape index (κ2) is 9.59. The molecule has 0 aliphatic carbocycles. The highest BCUT2D eigenvalue weighted by atomic mass is 32.1. The summed E-state index contributed by atoms with van der Waals surface area (Å²) in [6, 6.07) is 10.1. The molecule has 1 saturated heterocycles. The van der Waals surface area contributed by atoms with Gasteiger partial charge in [0.25, 0.3) is 0 Å². The molecule has 0 saturated carbocycles. The van der Waals surface area contributed by atoms with Crippen molar-refractivity contribution in [3.63, 3.8) is 0 Å². The van der Waals surface area contributed by atoms with Crippen molar-refractivity contribution in [3.8, 4) is 0 Å². The van der Waals surface area contributed by atoms with Gasteiger partial charge in [-0.2, -0.15) is 0 Å². The number of carbonyl (C=O) groups excluding carboxylic acids is 2. The third-order valence-electron chi connectivity index (χ3n) is 4.44. The molecular weight excluding hydrogens is 367 g/mol. The summed E-state index contributed by atoms with van der Waals surface area (Å²) in [6.45, 7) is 4.08. The smallest absolute Gasteiger partial charge is 0.321 e. The molecule has 1 fully saturated rings. The predicted octanol–water partition coefficient (Wildman–Crippen LogP) is 2.03. The van der Waals surface area contributed by atoms with Gasteiger partial charge >= 0.3 is 6.03 Å². The van der Waals surface area contributed by atoms with Crippen molar-refractivity contribution in [2.45, 2.75) is 13.1 Å². The number of imide groups is 1. The van der Waals surface area contributed by atoms with Crippen LogP contribution in [0, 0.1) is 5.82 Å². The highest BCUT2D eigenvalue weighted by Crippen LogP contribution is 2.12. The van der Waals surface area contributed by atoms with Gasteiger partial charge in [-0.3, -0.25) is 19.9 Å². The van der Waals surface area contributed by atoms with E-state index in [1.165, 1.54) is 6.07 Å². The summed E-state index contributed by atoms with van der Waals surface area (Å²) in [4.78, 5) is 29.0. The molecule has 1 aliphatic heterocycles. The molecule has 0 unspecified atom stereocenters. The lowest BCUT2D eigenvalue weighted by molar-refractivity contribution is -0.121. The van der Waals surface area contributed by atoms with Crippen LogP contribution < -0.4 is 10.6 Å². The maximum Gasteiger partial charge on any atom is 0.321 e. The summed E-state index contributed by atoms with van der Waals surface area (Å²) in [7, 11) is 0. The number of nitrogens with one attached hydrogen (secondary N) is 2. The standard InChI is InChI=1S/C19H23FN4O2S/c20-17-6-2-1-4-15(17)13-23-7-9-24(10-8-23)14-18(25)22-19(26)21-12-16-5-3-11-27-16/h1-6,11H,7-10,12-14H2,(H2,21,22,25,26). The fraction of sp³-hybridized carbons (Fsp3) is 0.368. The quantitative estimate of drug-likeness (QED) is 0.792. The number of rotatable bonds is 6. The Kier molecular flexibility index (Phi) is 6.92. The Bertz CT molecular complexity index is 761. The molecule has 6 nitrogen and oxygen atoms in total. The molecule has 2 aromatic rings. The molecule has 0 spiro atoms.